The number of nitrogens with one attached hydrogen (secondary N) is 2. The van der Waals surface area contributed by atoms with E-state index in [0.29, 0.717) is 37.5 Å². The molecule has 0 radical (unpaired) electrons. The molecule has 0 aromatic heterocycles. The third-order valence-corrected chi connectivity index (χ3v) is 6.10. The minimum atomic E-state index is -3.24. The van der Waals surface area contributed by atoms with Crippen LogP contribution in [0.1, 0.15) is 19.3 Å². The lowest BCUT2D eigenvalue weighted by atomic mass is 10.2. The van der Waals surface area contributed by atoms with Crippen LogP contribution in [-0.2, 0) is 24.3 Å². The molecule has 9 heteroatoms. The van der Waals surface area contributed by atoms with E-state index in [9.17, 15) is 18.0 Å². The normalized spacial score (nSPS) is 21.9. The quantitative estimate of drug-likeness (QED) is 0.753. The standard InChI is InChI=1S/C16H21N3O5S/c20-15(17-11-14-3-1-9-24-14)16(21)18-12-4-6-13(7-5-12)19-8-2-10-25(19,22)23/h4-7,14H,1-3,8-11H2,(H,17,20)(H,18,21)/t14-/m0/s1. The summed E-state index contributed by atoms with van der Waals surface area (Å²) in [6.45, 7) is 1.46. The Kier molecular flexibility index (Phi) is 5.24. The number of rotatable bonds is 4. The number of benzene rings is 1. The zero-order chi connectivity index (χ0) is 17.9. The highest BCUT2D eigenvalue weighted by Crippen LogP contribution is 2.25. The largest absolute Gasteiger partial charge is 0.376 e. The second kappa shape index (κ2) is 7.40. The van der Waals surface area contributed by atoms with Gasteiger partial charge in [-0.25, -0.2) is 8.42 Å². The number of amides is 2. The van der Waals surface area contributed by atoms with Gasteiger partial charge in [0.2, 0.25) is 10.0 Å². The summed E-state index contributed by atoms with van der Waals surface area (Å²) in [6.07, 6.45) is 2.42. The van der Waals surface area contributed by atoms with Gasteiger partial charge in [-0.1, -0.05) is 0 Å². The molecule has 2 saturated heterocycles. The number of hydrogen-bond acceptors (Lipinski definition) is 5. The highest BCUT2D eigenvalue weighted by Gasteiger charge is 2.28. The Morgan fingerprint density at radius 2 is 1.92 bits per heavy atom. The highest BCUT2D eigenvalue weighted by molar-refractivity contribution is 7.93. The van der Waals surface area contributed by atoms with Crippen LogP contribution in [0.25, 0.3) is 0 Å². The first kappa shape index (κ1) is 17.7. The summed E-state index contributed by atoms with van der Waals surface area (Å²) in [5.74, 6) is -1.34. The Morgan fingerprint density at radius 3 is 2.52 bits per heavy atom. The molecule has 2 aliphatic rings. The van der Waals surface area contributed by atoms with E-state index < -0.39 is 21.8 Å². The molecule has 2 aliphatic heterocycles. The fourth-order valence-corrected chi connectivity index (χ4v) is 4.49. The second-order valence-corrected chi connectivity index (χ2v) is 8.10. The van der Waals surface area contributed by atoms with E-state index >= 15 is 0 Å². The van der Waals surface area contributed by atoms with Crippen LogP contribution in [-0.4, -0.2) is 51.8 Å². The first-order valence-electron chi connectivity index (χ1n) is 8.27. The average Bonchev–Trinajstić information content (AvgIpc) is 3.22. The number of anilines is 2. The van der Waals surface area contributed by atoms with Gasteiger partial charge in [-0.2, -0.15) is 0 Å². The second-order valence-electron chi connectivity index (χ2n) is 6.09. The fourth-order valence-electron chi connectivity index (χ4n) is 2.92. The molecule has 2 fully saturated rings. The Morgan fingerprint density at radius 1 is 1.16 bits per heavy atom. The summed E-state index contributed by atoms with van der Waals surface area (Å²) in [4.78, 5) is 23.7. The Bertz CT molecular complexity index is 742. The van der Waals surface area contributed by atoms with Crippen molar-refractivity contribution < 1.29 is 22.7 Å². The summed E-state index contributed by atoms with van der Waals surface area (Å²) in [7, 11) is -3.24. The molecule has 2 heterocycles. The first-order valence-corrected chi connectivity index (χ1v) is 9.88. The Labute approximate surface area is 146 Å². The maximum absolute atomic E-state index is 11.9. The molecule has 25 heavy (non-hydrogen) atoms. The molecule has 3 rings (SSSR count). The molecule has 0 unspecified atom stereocenters. The van der Waals surface area contributed by atoms with Gasteiger partial charge in [0.15, 0.2) is 0 Å². The SMILES string of the molecule is O=C(NC[C@@H]1CCCO1)C(=O)Nc1ccc(N2CCCS2(=O)=O)cc1. The maximum Gasteiger partial charge on any atom is 0.313 e. The van der Waals surface area contributed by atoms with Crippen molar-refractivity contribution in [1.82, 2.24) is 5.32 Å². The van der Waals surface area contributed by atoms with Gasteiger partial charge >= 0.3 is 11.8 Å². The van der Waals surface area contributed by atoms with Crippen molar-refractivity contribution in [2.45, 2.75) is 25.4 Å². The third-order valence-electron chi connectivity index (χ3n) is 4.23. The van der Waals surface area contributed by atoms with Crippen LogP contribution in [0.15, 0.2) is 24.3 Å². The van der Waals surface area contributed by atoms with Gasteiger partial charge in [0, 0.05) is 25.4 Å². The summed E-state index contributed by atoms with van der Waals surface area (Å²) in [5, 5.41) is 5.04. The van der Waals surface area contributed by atoms with Gasteiger partial charge < -0.3 is 15.4 Å². The van der Waals surface area contributed by atoms with E-state index in [1.807, 2.05) is 0 Å². The first-order chi connectivity index (χ1) is 12.0. The molecule has 2 N–H and O–H groups in total. The third kappa shape index (κ3) is 4.29. The van der Waals surface area contributed by atoms with Crippen LogP contribution < -0.4 is 14.9 Å². The molecule has 136 valence electrons. The van der Waals surface area contributed by atoms with Gasteiger partial charge in [0.1, 0.15) is 0 Å². The van der Waals surface area contributed by atoms with Crippen molar-refractivity contribution in [1.29, 1.82) is 0 Å². The van der Waals surface area contributed by atoms with Gasteiger partial charge in [-0.05, 0) is 43.5 Å². The van der Waals surface area contributed by atoms with Crippen LogP contribution in [0.2, 0.25) is 0 Å². The predicted octanol–water partition coefficient (Wildman–Crippen LogP) is 0.460. The molecule has 8 nitrogen and oxygen atoms in total. The zero-order valence-corrected chi connectivity index (χ0v) is 14.5. The van der Waals surface area contributed by atoms with Crippen LogP contribution in [0.4, 0.5) is 11.4 Å². The summed E-state index contributed by atoms with van der Waals surface area (Å²) in [6, 6.07) is 6.38. The van der Waals surface area contributed by atoms with Crippen molar-refractivity contribution in [2.75, 3.05) is 35.1 Å². The van der Waals surface area contributed by atoms with Crippen LogP contribution >= 0.6 is 0 Å². The van der Waals surface area contributed by atoms with E-state index in [0.717, 1.165) is 12.8 Å². The van der Waals surface area contributed by atoms with Crippen LogP contribution in [0, 0.1) is 0 Å². The van der Waals surface area contributed by atoms with E-state index in [1.54, 1.807) is 24.3 Å². The van der Waals surface area contributed by atoms with Crippen LogP contribution in [0.5, 0.6) is 0 Å². The smallest absolute Gasteiger partial charge is 0.313 e. The molecule has 0 spiro atoms. The van der Waals surface area contributed by atoms with Crippen molar-refractivity contribution in [3.05, 3.63) is 24.3 Å². The minimum absolute atomic E-state index is 0.0292. The molecule has 0 aliphatic carbocycles. The lowest BCUT2D eigenvalue weighted by molar-refractivity contribution is -0.136. The van der Waals surface area contributed by atoms with Gasteiger partial charge in [-0.15, -0.1) is 0 Å². The van der Waals surface area contributed by atoms with Crippen molar-refractivity contribution in [3.63, 3.8) is 0 Å². The molecule has 0 saturated carbocycles. The minimum Gasteiger partial charge on any atom is -0.376 e. The topological polar surface area (TPSA) is 105 Å². The highest BCUT2D eigenvalue weighted by atomic mass is 32.2. The summed E-state index contributed by atoms with van der Waals surface area (Å²) >= 11 is 0. The molecule has 2 amide bonds. The van der Waals surface area contributed by atoms with Crippen molar-refractivity contribution in [2.24, 2.45) is 0 Å². The Hall–Kier alpha value is -2.13. The van der Waals surface area contributed by atoms with Gasteiger partial charge in [0.05, 0.1) is 17.5 Å². The molecule has 1 aromatic rings. The van der Waals surface area contributed by atoms with Crippen LogP contribution in [0.3, 0.4) is 0 Å². The van der Waals surface area contributed by atoms with E-state index in [1.165, 1.54) is 4.31 Å². The van der Waals surface area contributed by atoms with Gasteiger partial charge in [-0.3, -0.25) is 13.9 Å². The molecule has 0 bridgehead atoms. The average molecular weight is 367 g/mol. The van der Waals surface area contributed by atoms with Gasteiger partial charge in [0.25, 0.3) is 0 Å². The summed E-state index contributed by atoms with van der Waals surface area (Å²) in [5.41, 5.74) is 0.982. The Balaban J connectivity index is 1.53. The predicted molar refractivity (Wildman–Crippen MR) is 92.8 cm³/mol. The summed E-state index contributed by atoms with van der Waals surface area (Å²) < 4.78 is 30.5. The van der Waals surface area contributed by atoms with E-state index in [4.69, 9.17) is 4.74 Å². The maximum atomic E-state index is 11.9. The lowest BCUT2D eigenvalue weighted by Gasteiger charge is -2.17. The number of hydrogen-bond donors (Lipinski definition) is 2. The number of ether oxygens (including phenoxy) is 1. The molecule has 1 atom stereocenters. The molecular weight excluding hydrogens is 346 g/mol. The molecule has 1 aromatic carbocycles. The monoisotopic (exact) mass is 367 g/mol. The van der Waals surface area contributed by atoms with Crippen molar-refractivity contribution in [3.8, 4) is 0 Å². The fraction of sp³-hybridized carbons (Fsp3) is 0.500. The molecular formula is C16H21N3O5S. The van der Waals surface area contributed by atoms with E-state index in [-0.39, 0.29) is 11.9 Å². The van der Waals surface area contributed by atoms with Crippen molar-refractivity contribution >= 4 is 33.2 Å². The van der Waals surface area contributed by atoms with E-state index in [2.05, 4.69) is 10.6 Å². The number of nitrogens with zero attached hydrogens (tertiary/aromatic N) is 1. The number of sulfonamides is 1. The zero-order valence-electron chi connectivity index (χ0n) is 13.7. The lowest BCUT2D eigenvalue weighted by Crippen LogP contribution is -2.39. The number of carbonyl (C=O) groups excluding carboxylic acids is 2. The number of carbonyl (C=O) groups is 2.